The molecule has 0 atom stereocenters. The summed E-state index contributed by atoms with van der Waals surface area (Å²) in [4.78, 5) is 35.1. The molecular weight excluding hydrogens is 444 g/mol. The van der Waals surface area contributed by atoms with Crippen LogP contribution in [0.25, 0.3) is 44.7 Å². The Morgan fingerprint density at radius 3 is 1.47 bits per heavy atom. The van der Waals surface area contributed by atoms with Crippen molar-refractivity contribution in [3.63, 3.8) is 0 Å². The van der Waals surface area contributed by atoms with Crippen LogP contribution in [-0.4, -0.2) is 15.8 Å². The average molecular weight is 467 g/mol. The molecule has 172 valence electrons. The van der Waals surface area contributed by atoms with Gasteiger partial charge in [0.25, 0.3) is 0 Å². The van der Waals surface area contributed by atoms with Gasteiger partial charge in [0.05, 0.1) is 33.5 Å². The van der Waals surface area contributed by atoms with Crippen LogP contribution in [0, 0.1) is 0 Å². The minimum atomic E-state index is -0.306. The lowest BCUT2D eigenvalue weighted by molar-refractivity contribution is 0.103. The molecule has 0 amide bonds. The summed E-state index contributed by atoms with van der Waals surface area (Å²) in [5, 5.41) is 0.471. The fourth-order valence-corrected chi connectivity index (χ4v) is 4.69. The van der Waals surface area contributed by atoms with Crippen molar-refractivity contribution in [3.05, 3.63) is 143 Å². The van der Waals surface area contributed by atoms with E-state index in [-0.39, 0.29) is 16.8 Å². The number of H-pyrrole nitrogens is 2. The number of rotatable bonds is 5. The lowest BCUT2D eigenvalue weighted by Crippen LogP contribution is -2.19. The number of pyridine rings is 1. The van der Waals surface area contributed by atoms with Crippen molar-refractivity contribution >= 4 is 16.7 Å². The third-order valence-corrected chi connectivity index (χ3v) is 6.40. The van der Waals surface area contributed by atoms with Crippen molar-refractivity contribution in [2.75, 3.05) is 0 Å². The second-order valence-corrected chi connectivity index (χ2v) is 8.62. The molecule has 0 fully saturated rings. The van der Waals surface area contributed by atoms with Gasteiger partial charge in [0, 0.05) is 11.1 Å². The molecule has 0 radical (unpaired) electrons. The molecule has 0 aliphatic heterocycles. The molecule has 4 nitrogen and oxygen atoms in total. The largest absolute Gasteiger partial charge is 0.352 e. The highest BCUT2D eigenvalue weighted by atomic mass is 16.1. The molecule has 0 saturated heterocycles. The Kier molecular flexibility index (Phi) is 5.39. The SMILES string of the molecule is O=C(c1ccccc1)c1c(-c2ccccc2)[nH]c2c(-c3ccccc3)[nH]c(-c3ccccc3)c2c1=O. The zero-order chi connectivity index (χ0) is 24.5. The molecule has 6 aromatic rings. The summed E-state index contributed by atoms with van der Waals surface area (Å²) in [6.45, 7) is 0. The second-order valence-electron chi connectivity index (χ2n) is 8.62. The summed E-state index contributed by atoms with van der Waals surface area (Å²) in [6.07, 6.45) is 0. The Morgan fingerprint density at radius 1 is 0.500 bits per heavy atom. The molecule has 0 unspecified atom stereocenters. The third kappa shape index (κ3) is 3.65. The van der Waals surface area contributed by atoms with Gasteiger partial charge in [-0.2, -0.15) is 0 Å². The lowest BCUT2D eigenvalue weighted by atomic mass is 9.95. The van der Waals surface area contributed by atoms with E-state index in [1.165, 1.54) is 0 Å². The van der Waals surface area contributed by atoms with Gasteiger partial charge in [-0.3, -0.25) is 9.59 Å². The van der Waals surface area contributed by atoms with Crippen LogP contribution in [0.5, 0.6) is 0 Å². The van der Waals surface area contributed by atoms with E-state index in [9.17, 15) is 9.59 Å². The fraction of sp³-hybridized carbons (Fsp3) is 0. The summed E-state index contributed by atoms with van der Waals surface area (Å²) in [5.41, 5.74) is 5.58. The number of carbonyl (C=O) groups is 1. The highest BCUT2D eigenvalue weighted by Crippen LogP contribution is 2.36. The first-order valence-electron chi connectivity index (χ1n) is 11.8. The van der Waals surface area contributed by atoms with Crippen molar-refractivity contribution in [2.24, 2.45) is 0 Å². The number of fused-ring (bicyclic) bond motifs is 1. The van der Waals surface area contributed by atoms with Gasteiger partial charge in [-0.1, -0.05) is 121 Å². The minimum Gasteiger partial charge on any atom is -0.352 e. The molecule has 0 saturated carbocycles. The van der Waals surface area contributed by atoms with Crippen LogP contribution in [-0.2, 0) is 0 Å². The van der Waals surface area contributed by atoms with E-state index < -0.39 is 0 Å². The van der Waals surface area contributed by atoms with Crippen molar-refractivity contribution in [2.45, 2.75) is 0 Å². The normalized spacial score (nSPS) is 11.0. The molecule has 36 heavy (non-hydrogen) atoms. The summed E-state index contributed by atoms with van der Waals surface area (Å²) in [6, 6.07) is 38.1. The van der Waals surface area contributed by atoms with Gasteiger partial charge >= 0.3 is 0 Å². The van der Waals surface area contributed by atoms with Crippen molar-refractivity contribution in [1.82, 2.24) is 9.97 Å². The molecular formula is C32H22N2O2. The lowest BCUT2D eigenvalue weighted by Gasteiger charge is -2.11. The Morgan fingerprint density at radius 2 is 0.944 bits per heavy atom. The van der Waals surface area contributed by atoms with Gasteiger partial charge < -0.3 is 9.97 Å². The zero-order valence-corrected chi connectivity index (χ0v) is 19.4. The van der Waals surface area contributed by atoms with Crippen LogP contribution in [0.3, 0.4) is 0 Å². The van der Waals surface area contributed by atoms with E-state index in [2.05, 4.69) is 9.97 Å². The van der Waals surface area contributed by atoms with Gasteiger partial charge in [-0.15, -0.1) is 0 Å². The van der Waals surface area contributed by atoms with Gasteiger partial charge in [0.1, 0.15) is 0 Å². The maximum atomic E-state index is 14.3. The second kappa shape index (κ2) is 9.01. The first kappa shape index (κ1) is 21.6. The van der Waals surface area contributed by atoms with Crippen LogP contribution < -0.4 is 5.43 Å². The van der Waals surface area contributed by atoms with Crippen molar-refractivity contribution in [1.29, 1.82) is 0 Å². The average Bonchev–Trinajstić information content (AvgIpc) is 3.34. The van der Waals surface area contributed by atoms with Crippen LogP contribution in [0.15, 0.2) is 126 Å². The summed E-state index contributed by atoms with van der Waals surface area (Å²) < 4.78 is 0. The predicted molar refractivity (Wildman–Crippen MR) is 145 cm³/mol. The van der Waals surface area contributed by atoms with E-state index in [1.54, 1.807) is 24.3 Å². The monoisotopic (exact) mass is 466 g/mol. The topological polar surface area (TPSA) is 65.7 Å². The molecule has 0 spiro atoms. The van der Waals surface area contributed by atoms with Gasteiger partial charge in [-0.05, 0) is 11.1 Å². The Hall–Kier alpha value is -4.96. The molecule has 0 aliphatic carbocycles. The number of benzene rings is 4. The van der Waals surface area contributed by atoms with Gasteiger partial charge in [0.15, 0.2) is 5.78 Å². The first-order valence-corrected chi connectivity index (χ1v) is 11.8. The number of aromatic nitrogens is 2. The van der Waals surface area contributed by atoms with Crippen LogP contribution in [0.4, 0.5) is 0 Å². The molecule has 0 aliphatic rings. The number of hydrogen-bond acceptors (Lipinski definition) is 2. The summed E-state index contributed by atoms with van der Waals surface area (Å²) in [7, 11) is 0. The van der Waals surface area contributed by atoms with E-state index >= 15 is 0 Å². The van der Waals surface area contributed by atoms with Crippen LogP contribution in [0.2, 0.25) is 0 Å². The van der Waals surface area contributed by atoms with E-state index in [4.69, 9.17) is 0 Å². The standard InChI is InChI=1S/C32H22N2O2/c35-31(24-19-11-4-12-20-24)26-28(22-15-7-2-8-16-22)34-30-25(32(26)36)27(21-13-5-1-6-14-21)33-29(30)23-17-9-3-10-18-23/h1-20,33-34H. The van der Waals surface area contributed by atoms with Crippen molar-refractivity contribution in [3.8, 4) is 33.8 Å². The number of aromatic amines is 2. The molecule has 6 rings (SSSR count). The molecule has 4 aromatic carbocycles. The van der Waals surface area contributed by atoms with Crippen LogP contribution in [0.1, 0.15) is 15.9 Å². The van der Waals surface area contributed by atoms with Gasteiger partial charge in [0.2, 0.25) is 5.43 Å². The zero-order valence-electron chi connectivity index (χ0n) is 19.4. The number of hydrogen-bond donors (Lipinski definition) is 2. The number of carbonyl (C=O) groups excluding carboxylic acids is 1. The fourth-order valence-electron chi connectivity index (χ4n) is 4.69. The maximum Gasteiger partial charge on any atom is 0.203 e. The third-order valence-electron chi connectivity index (χ3n) is 6.40. The maximum absolute atomic E-state index is 14.3. The highest BCUT2D eigenvalue weighted by molar-refractivity contribution is 6.15. The Balaban J connectivity index is 1.75. The Bertz CT molecular complexity index is 1730. The minimum absolute atomic E-state index is 0.135. The molecule has 2 heterocycles. The first-order chi connectivity index (χ1) is 17.7. The van der Waals surface area contributed by atoms with E-state index in [1.807, 2.05) is 97.1 Å². The predicted octanol–water partition coefficient (Wildman–Crippen LogP) is 7.09. The molecule has 2 aromatic heterocycles. The Labute approximate surface area is 207 Å². The number of ketones is 1. The summed E-state index contributed by atoms with van der Waals surface area (Å²) >= 11 is 0. The van der Waals surface area contributed by atoms with E-state index in [0.717, 1.165) is 22.4 Å². The summed E-state index contributed by atoms with van der Waals surface area (Å²) in [5.74, 6) is -0.306. The molecule has 2 N–H and O–H groups in total. The molecule has 4 heteroatoms. The van der Waals surface area contributed by atoms with E-state index in [0.29, 0.717) is 27.9 Å². The van der Waals surface area contributed by atoms with Crippen molar-refractivity contribution < 1.29 is 4.79 Å². The van der Waals surface area contributed by atoms with Crippen LogP contribution >= 0.6 is 0 Å². The number of nitrogens with one attached hydrogen (secondary N) is 2. The highest BCUT2D eigenvalue weighted by Gasteiger charge is 2.26. The van der Waals surface area contributed by atoms with Gasteiger partial charge in [-0.25, -0.2) is 0 Å². The smallest absolute Gasteiger partial charge is 0.203 e. The quantitative estimate of drug-likeness (QED) is 0.266. The molecule has 0 bridgehead atoms.